The van der Waals surface area contributed by atoms with Gasteiger partial charge in [-0.05, 0) is 37.6 Å². The number of hydrogen-bond donors (Lipinski definition) is 1. The molecule has 4 heteroatoms. The van der Waals surface area contributed by atoms with Gasteiger partial charge >= 0.3 is 0 Å². The summed E-state index contributed by atoms with van der Waals surface area (Å²) < 4.78 is 12.8. The summed E-state index contributed by atoms with van der Waals surface area (Å²) in [5, 5.41) is 12.4. The quantitative estimate of drug-likeness (QED) is 0.912. The molecule has 96 valence electrons. The number of nitrogens with zero attached hydrogens (tertiary/aromatic N) is 2. The molecule has 0 radical (unpaired) electrons. The van der Waals surface area contributed by atoms with Crippen LogP contribution < -0.4 is 5.32 Å². The number of benzene rings is 1. The minimum atomic E-state index is -0.357. The fourth-order valence-electron chi connectivity index (χ4n) is 1.89. The highest BCUT2D eigenvalue weighted by Gasteiger charge is 2.10. The van der Waals surface area contributed by atoms with E-state index >= 15 is 0 Å². The van der Waals surface area contributed by atoms with Gasteiger partial charge < -0.3 is 5.32 Å². The number of anilines is 1. The number of halogens is 1. The zero-order chi connectivity index (χ0) is 13.8. The van der Waals surface area contributed by atoms with Crippen LogP contribution in [0.2, 0.25) is 0 Å². The summed E-state index contributed by atoms with van der Waals surface area (Å²) in [6, 6.07) is 10.7. The molecule has 1 N–H and O–H groups in total. The molecule has 0 aliphatic carbocycles. The molecule has 0 aliphatic rings. The maximum atomic E-state index is 12.8. The normalized spacial score (nSPS) is 11.7. The van der Waals surface area contributed by atoms with Crippen LogP contribution in [0, 0.1) is 24.1 Å². The number of nitrogens with one attached hydrogen (secondary N) is 1. The summed E-state index contributed by atoms with van der Waals surface area (Å²) in [4.78, 5) is 4.03. The Bertz CT molecular complexity index is 614. The molecule has 1 aromatic carbocycles. The van der Waals surface area contributed by atoms with Crippen LogP contribution in [0.5, 0.6) is 0 Å². The smallest absolute Gasteiger partial charge is 0.141 e. The van der Waals surface area contributed by atoms with Crippen molar-refractivity contribution in [3.8, 4) is 6.07 Å². The van der Waals surface area contributed by atoms with Gasteiger partial charge in [-0.3, -0.25) is 4.98 Å². The molecule has 3 nitrogen and oxygen atoms in total. The van der Waals surface area contributed by atoms with E-state index in [0.29, 0.717) is 5.56 Å². The minimum Gasteiger partial charge on any atom is -0.376 e. The van der Waals surface area contributed by atoms with Crippen molar-refractivity contribution in [1.82, 2.24) is 4.98 Å². The monoisotopic (exact) mass is 255 g/mol. The third-order valence-corrected chi connectivity index (χ3v) is 2.95. The van der Waals surface area contributed by atoms with Gasteiger partial charge in [0.15, 0.2) is 0 Å². The van der Waals surface area contributed by atoms with Gasteiger partial charge in [-0.25, -0.2) is 4.39 Å². The van der Waals surface area contributed by atoms with E-state index in [-0.39, 0.29) is 11.9 Å². The fraction of sp³-hybridized carbons (Fsp3) is 0.200. The van der Waals surface area contributed by atoms with Gasteiger partial charge in [-0.15, -0.1) is 0 Å². The first-order chi connectivity index (χ1) is 9.11. The van der Waals surface area contributed by atoms with E-state index in [2.05, 4.69) is 16.4 Å². The van der Waals surface area contributed by atoms with Gasteiger partial charge in [0.05, 0.1) is 29.2 Å². The molecule has 1 heterocycles. The molecule has 19 heavy (non-hydrogen) atoms. The molecule has 0 aliphatic heterocycles. The van der Waals surface area contributed by atoms with Crippen LogP contribution in [0.25, 0.3) is 0 Å². The Morgan fingerprint density at radius 1 is 1.32 bits per heavy atom. The lowest BCUT2D eigenvalue weighted by atomic mass is 10.1. The van der Waals surface area contributed by atoms with Crippen molar-refractivity contribution in [2.24, 2.45) is 0 Å². The maximum absolute atomic E-state index is 12.8. The van der Waals surface area contributed by atoms with Crippen LogP contribution >= 0.6 is 0 Å². The van der Waals surface area contributed by atoms with Crippen LogP contribution in [0.4, 0.5) is 10.1 Å². The Kier molecular flexibility index (Phi) is 3.76. The lowest BCUT2D eigenvalue weighted by molar-refractivity contribution is 0.617. The molecular formula is C15H14FN3. The predicted molar refractivity (Wildman–Crippen MR) is 72.1 cm³/mol. The highest BCUT2D eigenvalue weighted by Crippen LogP contribution is 2.23. The molecule has 0 bridgehead atoms. The molecule has 0 fully saturated rings. The molecule has 1 atom stereocenters. The highest BCUT2D eigenvalue weighted by atomic mass is 19.1. The van der Waals surface area contributed by atoms with Gasteiger partial charge in [0, 0.05) is 0 Å². The van der Waals surface area contributed by atoms with Crippen molar-refractivity contribution >= 4 is 5.69 Å². The van der Waals surface area contributed by atoms with Crippen LogP contribution in [0.3, 0.4) is 0 Å². The van der Waals surface area contributed by atoms with Gasteiger partial charge in [-0.2, -0.15) is 5.26 Å². The van der Waals surface area contributed by atoms with E-state index in [1.165, 1.54) is 12.3 Å². The van der Waals surface area contributed by atoms with Crippen molar-refractivity contribution in [3.05, 3.63) is 59.2 Å². The molecule has 2 aromatic rings. The van der Waals surface area contributed by atoms with E-state index in [0.717, 1.165) is 16.9 Å². The molecule has 0 amide bonds. The first kappa shape index (κ1) is 13.0. The highest BCUT2D eigenvalue weighted by molar-refractivity contribution is 5.61. The van der Waals surface area contributed by atoms with Gasteiger partial charge in [-0.1, -0.05) is 12.1 Å². The average molecular weight is 255 g/mol. The Labute approximate surface area is 111 Å². The van der Waals surface area contributed by atoms with Crippen molar-refractivity contribution < 1.29 is 4.39 Å². The van der Waals surface area contributed by atoms with Crippen molar-refractivity contribution in [2.75, 3.05) is 5.32 Å². The Hall–Kier alpha value is -2.41. The molecular weight excluding hydrogens is 241 g/mol. The van der Waals surface area contributed by atoms with Crippen LogP contribution in [0.1, 0.15) is 29.8 Å². The largest absolute Gasteiger partial charge is 0.376 e. The second-order valence-electron chi connectivity index (χ2n) is 4.38. The van der Waals surface area contributed by atoms with Gasteiger partial charge in [0.2, 0.25) is 0 Å². The van der Waals surface area contributed by atoms with E-state index in [4.69, 9.17) is 5.26 Å². The number of aromatic nitrogens is 1. The minimum absolute atomic E-state index is 0.102. The van der Waals surface area contributed by atoms with Gasteiger partial charge in [0.1, 0.15) is 11.9 Å². The second-order valence-corrected chi connectivity index (χ2v) is 4.38. The fourth-order valence-corrected chi connectivity index (χ4v) is 1.89. The van der Waals surface area contributed by atoms with E-state index < -0.39 is 0 Å². The number of hydrogen-bond acceptors (Lipinski definition) is 3. The summed E-state index contributed by atoms with van der Waals surface area (Å²) in [6.07, 6.45) is 1.19. The summed E-state index contributed by atoms with van der Waals surface area (Å²) in [5.41, 5.74) is 3.04. The molecule has 2 rings (SSSR count). The third kappa shape index (κ3) is 2.89. The first-order valence-corrected chi connectivity index (χ1v) is 5.99. The lowest BCUT2D eigenvalue weighted by Crippen LogP contribution is -2.10. The summed E-state index contributed by atoms with van der Waals surface area (Å²) in [7, 11) is 0. The number of pyridine rings is 1. The Morgan fingerprint density at radius 3 is 2.74 bits per heavy atom. The average Bonchev–Trinajstić information content (AvgIpc) is 2.39. The molecule has 1 unspecified atom stereocenters. The summed E-state index contributed by atoms with van der Waals surface area (Å²) in [6.45, 7) is 3.81. The first-order valence-electron chi connectivity index (χ1n) is 5.99. The van der Waals surface area contributed by atoms with Crippen molar-refractivity contribution in [3.63, 3.8) is 0 Å². The van der Waals surface area contributed by atoms with Crippen LogP contribution in [-0.2, 0) is 0 Å². The summed E-state index contributed by atoms with van der Waals surface area (Å²) in [5.74, 6) is -0.357. The van der Waals surface area contributed by atoms with Crippen LogP contribution in [-0.4, -0.2) is 4.98 Å². The lowest BCUT2D eigenvalue weighted by Gasteiger charge is -2.16. The number of aryl methyl sites for hydroxylation is 1. The Balaban J connectivity index is 2.24. The van der Waals surface area contributed by atoms with E-state index in [9.17, 15) is 4.39 Å². The molecule has 0 saturated carbocycles. The van der Waals surface area contributed by atoms with Gasteiger partial charge in [0.25, 0.3) is 0 Å². The van der Waals surface area contributed by atoms with Crippen molar-refractivity contribution in [2.45, 2.75) is 19.9 Å². The second kappa shape index (κ2) is 5.49. The summed E-state index contributed by atoms with van der Waals surface area (Å²) >= 11 is 0. The van der Waals surface area contributed by atoms with E-state index in [1.54, 1.807) is 6.07 Å². The van der Waals surface area contributed by atoms with Crippen molar-refractivity contribution in [1.29, 1.82) is 5.26 Å². The predicted octanol–water partition coefficient (Wildman–Crippen LogP) is 3.57. The Morgan fingerprint density at radius 2 is 2.11 bits per heavy atom. The zero-order valence-corrected chi connectivity index (χ0v) is 10.8. The topological polar surface area (TPSA) is 48.7 Å². The molecule has 0 saturated heterocycles. The molecule has 1 aromatic heterocycles. The standard InChI is InChI=1S/C15H14FN3/c1-10-4-3-5-15(13(10)8-17)19-11(2)14-7-6-12(16)9-18-14/h3-7,9,11,19H,1-2H3. The van der Waals surface area contributed by atoms with Crippen LogP contribution in [0.15, 0.2) is 36.5 Å². The SMILES string of the molecule is Cc1cccc(NC(C)c2ccc(F)cn2)c1C#N. The number of rotatable bonds is 3. The van der Waals surface area contributed by atoms with E-state index in [1.807, 2.05) is 32.0 Å². The molecule has 0 spiro atoms. The maximum Gasteiger partial charge on any atom is 0.141 e. The zero-order valence-electron chi connectivity index (χ0n) is 10.8. The number of nitriles is 1. The third-order valence-electron chi connectivity index (χ3n) is 2.95.